The Morgan fingerprint density at radius 1 is 1.50 bits per heavy atom. The van der Waals surface area contributed by atoms with Gasteiger partial charge in [-0.3, -0.25) is 4.79 Å². The van der Waals surface area contributed by atoms with Crippen LogP contribution in [0.15, 0.2) is 12.1 Å². The number of hydrogen-bond acceptors (Lipinski definition) is 2. The van der Waals surface area contributed by atoms with Gasteiger partial charge in [-0.2, -0.15) is 13.8 Å². The smallest absolute Gasteiger partial charge is 0.239 e. The highest BCUT2D eigenvalue weighted by Gasteiger charge is 2.05. The van der Waals surface area contributed by atoms with Crippen molar-refractivity contribution in [3.63, 3.8) is 0 Å². The number of nitrogens with zero attached hydrogens (tertiary/aromatic N) is 1. The lowest BCUT2D eigenvalue weighted by Crippen LogP contribution is -2.08. The van der Waals surface area contributed by atoms with Crippen molar-refractivity contribution in [1.29, 1.82) is 0 Å². The molecule has 0 aliphatic rings. The maximum Gasteiger partial charge on any atom is 0.239 e. The van der Waals surface area contributed by atoms with Gasteiger partial charge in [0.05, 0.1) is 5.69 Å². The van der Waals surface area contributed by atoms with Crippen molar-refractivity contribution >= 4 is 11.6 Å². The number of hydrogen-bond donors (Lipinski definition) is 1. The predicted molar refractivity (Wildman–Crippen MR) is 38.5 cm³/mol. The zero-order valence-corrected chi connectivity index (χ0v) is 6.27. The van der Waals surface area contributed by atoms with E-state index in [9.17, 15) is 13.6 Å². The largest absolute Gasteiger partial charge is 0.322 e. The summed E-state index contributed by atoms with van der Waals surface area (Å²) in [6.45, 7) is 1.22. The molecule has 0 aromatic carbocycles. The monoisotopic (exact) mass is 172 g/mol. The highest BCUT2D eigenvalue weighted by molar-refractivity contribution is 5.88. The van der Waals surface area contributed by atoms with Gasteiger partial charge in [-0.15, -0.1) is 0 Å². The molecule has 1 amide bonds. The molecule has 0 saturated heterocycles. The van der Waals surface area contributed by atoms with E-state index in [1.54, 1.807) is 0 Å². The Morgan fingerprint density at radius 2 is 2.17 bits per heavy atom. The Kier molecular flexibility index (Phi) is 2.32. The van der Waals surface area contributed by atoms with Gasteiger partial charge in [-0.05, 0) is 12.1 Å². The Balaban J connectivity index is 2.93. The maximum absolute atomic E-state index is 12.6. The summed E-state index contributed by atoms with van der Waals surface area (Å²) in [5, 5.41) is 2.16. The third kappa shape index (κ3) is 1.98. The van der Waals surface area contributed by atoms with Crippen molar-refractivity contribution < 1.29 is 13.6 Å². The zero-order chi connectivity index (χ0) is 9.14. The Hall–Kier alpha value is -1.52. The summed E-state index contributed by atoms with van der Waals surface area (Å²) in [7, 11) is 0. The lowest BCUT2D eigenvalue weighted by molar-refractivity contribution is -0.114. The van der Waals surface area contributed by atoms with Gasteiger partial charge in [0.25, 0.3) is 0 Å². The molecule has 0 atom stereocenters. The first-order valence-corrected chi connectivity index (χ1v) is 3.19. The van der Waals surface area contributed by atoms with Crippen molar-refractivity contribution in [2.75, 3.05) is 5.32 Å². The topological polar surface area (TPSA) is 42.0 Å². The molecule has 1 aromatic rings. The number of anilines is 1. The van der Waals surface area contributed by atoms with Gasteiger partial charge in [0.1, 0.15) is 0 Å². The van der Waals surface area contributed by atoms with Crippen LogP contribution in [0.1, 0.15) is 6.92 Å². The van der Waals surface area contributed by atoms with Crippen LogP contribution in [0.25, 0.3) is 0 Å². The van der Waals surface area contributed by atoms with E-state index in [2.05, 4.69) is 10.3 Å². The van der Waals surface area contributed by atoms with Crippen molar-refractivity contribution in [2.45, 2.75) is 6.92 Å². The number of pyridine rings is 1. The third-order valence-electron chi connectivity index (χ3n) is 1.13. The average molecular weight is 172 g/mol. The minimum atomic E-state index is -1.02. The van der Waals surface area contributed by atoms with Crippen LogP contribution in [-0.2, 0) is 4.79 Å². The van der Waals surface area contributed by atoms with E-state index in [0.29, 0.717) is 0 Å². The highest BCUT2D eigenvalue weighted by Crippen LogP contribution is 2.10. The second kappa shape index (κ2) is 3.25. The Labute approximate surface area is 67.4 Å². The minimum absolute atomic E-state index is 0.121. The molecule has 0 radical (unpaired) electrons. The molecule has 0 aliphatic heterocycles. The molecule has 0 spiro atoms. The van der Waals surface area contributed by atoms with Crippen LogP contribution in [-0.4, -0.2) is 10.9 Å². The molecule has 1 aromatic heterocycles. The van der Waals surface area contributed by atoms with E-state index >= 15 is 0 Å². The Morgan fingerprint density at radius 3 is 2.67 bits per heavy atom. The second-order valence-electron chi connectivity index (χ2n) is 2.15. The van der Waals surface area contributed by atoms with Crippen LogP contribution in [0.3, 0.4) is 0 Å². The molecule has 0 saturated carbocycles. The fraction of sp³-hybridized carbons (Fsp3) is 0.143. The van der Waals surface area contributed by atoms with E-state index in [4.69, 9.17) is 0 Å². The van der Waals surface area contributed by atoms with Gasteiger partial charge in [-0.1, -0.05) is 0 Å². The van der Waals surface area contributed by atoms with E-state index in [1.165, 1.54) is 6.92 Å². The number of amides is 1. The fourth-order valence-corrected chi connectivity index (χ4v) is 0.695. The van der Waals surface area contributed by atoms with E-state index in [1.807, 2.05) is 0 Å². The van der Waals surface area contributed by atoms with Crippen molar-refractivity contribution in [2.24, 2.45) is 0 Å². The van der Waals surface area contributed by atoms with Crippen molar-refractivity contribution in [1.82, 2.24) is 4.98 Å². The number of rotatable bonds is 1. The minimum Gasteiger partial charge on any atom is -0.322 e. The van der Waals surface area contributed by atoms with Crippen LogP contribution in [0.5, 0.6) is 0 Å². The molecule has 0 bridgehead atoms. The quantitative estimate of drug-likeness (QED) is 0.649. The Bertz CT molecular complexity index is 314. The van der Waals surface area contributed by atoms with Gasteiger partial charge in [-0.25, -0.2) is 0 Å². The fourth-order valence-electron chi connectivity index (χ4n) is 0.695. The molecule has 0 aliphatic carbocycles. The van der Waals surface area contributed by atoms with Crippen LogP contribution in [0, 0.1) is 11.9 Å². The lowest BCUT2D eigenvalue weighted by atomic mass is 10.4. The zero-order valence-electron chi connectivity index (χ0n) is 6.27. The average Bonchev–Trinajstić information content (AvgIpc) is 1.94. The summed E-state index contributed by atoms with van der Waals surface area (Å²) in [5.74, 6) is -2.37. The number of carbonyl (C=O) groups excluding carboxylic acids is 1. The van der Waals surface area contributed by atoms with E-state index in [0.717, 1.165) is 12.1 Å². The molecule has 64 valence electrons. The third-order valence-corrected chi connectivity index (χ3v) is 1.13. The van der Waals surface area contributed by atoms with Gasteiger partial charge in [0.15, 0.2) is 0 Å². The molecule has 0 unspecified atom stereocenters. The SMILES string of the molecule is CC(=O)Nc1ccc(F)nc1F. The maximum atomic E-state index is 12.6. The molecule has 1 heterocycles. The summed E-state index contributed by atoms with van der Waals surface area (Å²) in [6, 6.07) is 2.08. The molecular formula is C7H6F2N2O. The first-order valence-electron chi connectivity index (χ1n) is 3.19. The number of halogens is 2. The van der Waals surface area contributed by atoms with Gasteiger partial charge < -0.3 is 5.32 Å². The standard InChI is InChI=1S/C7H6F2N2O/c1-4(12)10-5-2-3-6(8)11-7(5)9/h2-3H,1H3,(H,10,12). The summed E-state index contributed by atoms with van der Waals surface area (Å²) in [5.41, 5.74) is -0.121. The van der Waals surface area contributed by atoms with Gasteiger partial charge >= 0.3 is 0 Å². The second-order valence-corrected chi connectivity index (χ2v) is 2.15. The lowest BCUT2D eigenvalue weighted by Gasteiger charge is -2.01. The normalized spacial score (nSPS) is 9.58. The van der Waals surface area contributed by atoms with Gasteiger partial charge in [0, 0.05) is 6.92 Å². The molecule has 5 heteroatoms. The molecule has 0 fully saturated rings. The molecule has 3 nitrogen and oxygen atoms in total. The molecular weight excluding hydrogens is 166 g/mol. The summed E-state index contributed by atoms with van der Waals surface area (Å²) >= 11 is 0. The van der Waals surface area contributed by atoms with Crippen LogP contribution < -0.4 is 5.32 Å². The van der Waals surface area contributed by atoms with Crippen LogP contribution >= 0.6 is 0 Å². The van der Waals surface area contributed by atoms with Crippen molar-refractivity contribution in [3.05, 3.63) is 24.0 Å². The number of nitrogens with one attached hydrogen (secondary N) is 1. The highest BCUT2D eigenvalue weighted by atomic mass is 19.1. The summed E-state index contributed by atoms with van der Waals surface area (Å²) in [4.78, 5) is 13.3. The first-order chi connectivity index (χ1) is 5.59. The van der Waals surface area contributed by atoms with Gasteiger partial charge in [0.2, 0.25) is 17.8 Å². The van der Waals surface area contributed by atoms with Crippen LogP contribution in [0.2, 0.25) is 0 Å². The number of carbonyl (C=O) groups is 1. The van der Waals surface area contributed by atoms with Crippen LogP contribution in [0.4, 0.5) is 14.5 Å². The summed E-state index contributed by atoms with van der Waals surface area (Å²) in [6.07, 6.45) is 0. The molecule has 12 heavy (non-hydrogen) atoms. The summed E-state index contributed by atoms with van der Waals surface area (Å²) < 4.78 is 24.9. The predicted octanol–water partition coefficient (Wildman–Crippen LogP) is 1.32. The number of aromatic nitrogens is 1. The van der Waals surface area contributed by atoms with Crippen molar-refractivity contribution in [3.8, 4) is 0 Å². The van der Waals surface area contributed by atoms with E-state index in [-0.39, 0.29) is 5.69 Å². The molecule has 1 N–H and O–H groups in total. The van der Waals surface area contributed by atoms with E-state index < -0.39 is 17.8 Å². The first kappa shape index (κ1) is 8.58. The molecule has 1 rings (SSSR count).